The molecule has 0 aromatic rings. The Labute approximate surface area is 243 Å². The van der Waals surface area contributed by atoms with Crippen LogP contribution >= 0.6 is 0 Å². The Kier molecular flexibility index (Phi) is 10.7. The van der Waals surface area contributed by atoms with Crippen molar-refractivity contribution in [3.05, 3.63) is 132 Å². The normalized spacial score (nSPS) is 34.7. The van der Waals surface area contributed by atoms with Gasteiger partial charge in [-0.1, -0.05) is 93.2 Å². The number of ether oxygens (including phenoxy) is 3. The van der Waals surface area contributed by atoms with Gasteiger partial charge in [-0.3, -0.25) is 0 Å². The van der Waals surface area contributed by atoms with E-state index in [2.05, 4.69) is 32.9 Å². The summed E-state index contributed by atoms with van der Waals surface area (Å²) in [6.45, 7) is 20.7. The molecule has 3 aliphatic carbocycles. The van der Waals surface area contributed by atoms with Crippen molar-refractivity contribution in [1.29, 1.82) is 0 Å². The first-order valence-electron chi connectivity index (χ1n) is 14.1. The molecule has 6 nitrogen and oxygen atoms in total. The van der Waals surface area contributed by atoms with Crippen molar-refractivity contribution < 1.29 is 29.5 Å². The van der Waals surface area contributed by atoms with Crippen LogP contribution in [0.4, 0.5) is 0 Å². The second-order valence-electron chi connectivity index (χ2n) is 10.7. The van der Waals surface area contributed by atoms with E-state index in [1.165, 1.54) is 5.57 Å². The van der Waals surface area contributed by atoms with E-state index in [-0.39, 0.29) is 24.4 Å². The van der Waals surface area contributed by atoms with Crippen molar-refractivity contribution in [2.24, 2.45) is 0 Å². The molecule has 0 radical (unpaired) electrons. The molecule has 3 aliphatic heterocycles. The summed E-state index contributed by atoms with van der Waals surface area (Å²) in [5.74, 6) is 0. The maximum absolute atomic E-state index is 9.92. The van der Waals surface area contributed by atoms with Crippen LogP contribution in [0.3, 0.4) is 0 Å². The lowest BCUT2D eigenvalue weighted by Crippen LogP contribution is -2.29. The van der Waals surface area contributed by atoms with E-state index in [4.69, 9.17) is 14.2 Å². The molecular formula is C35H42O6. The minimum absolute atomic E-state index is 0.0432. The third-order valence-electron chi connectivity index (χ3n) is 8.13. The molecule has 6 heteroatoms. The van der Waals surface area contributed by atoms with E-state index in [0.29, 0.717) is 26.2 Å². The van der Waals surface area contributed by atoms with E-state index in [1.54, 1.807) is 18.2 Å². The van der Waals surface area contributed by atoms with Gasteiger partial charge in [0, 0.05) is 12.8 Å². The zero-order valence-electron chi connectivity index (χ0n) is 23.7. The molecule has 3 fully saturated rings. The van der Waals surface area contributed by atoms with Gasteiger partial charge in [0.1, 0.15) is 12.2 Å². The molecule has 6 atom stereocenters. The SMILES string of the molecule is C=C/C=C1/C[C@H]2OCC=C2[C@H](O)C1=C.C=C/C=C1\C[C@@H](O)C2=CCO[C@@H]2C1.C=C/C=C1\C[C@@H](O)C2=CCO[C@@H]2C1=C. The van der Waals surface area contributed by atoms with Crippen LogP contribution in [-0.2, 0) is 14.2 Å². The molecule has 3 saturated carbocycles. The third-order valence-corrected chi connectivity index (χ3v) is 8.13. The molecule has 41 heavy (non-hydrogen) atoms. The highest BCUT2D eigenvalue weighted by molar-refractivity contribution is 5.47. The van der Waals surface area contributed by atoms with Gasteiger partial charge in [-0.05, 0) is 51.9 Å². The van der Waals surface area contributed by atoms with Crippen molar-refractivity contribution in [3.63, 3.8) is 0 Å². The molecule has 0 unspecified atom stereocenters. The third kappa shape index (κ3) is 7.04. The fourth-order valence-corrected chi connectivity index (χ4v) is 5.98. The predicted molar refractivity (Wildman–Crippen MR) is 163 cm³/mol. The Hall–Kier alpha value is -3.10. The molecule has 3 heterocycles. The first-order valence-corrected chi connectivity index (χ1v) is 14.1. The molecule has 3 N–H and O–H groups in total. The zero-order valence-corrected chi connectivity index (χ0v) is 23.7. The van der Waals surface area contributed by atoms with E-state index in [0.717, 1.165) is 58.3 Å². The lowest BCUT2D eigenvalue weighted by Gasteiger charge is -2.29. The van der Waals surface area contributed by atoms with E-state index in [9.17, 15) is 15.3 Å². The van der Waals surface area contributed by atoms with Gasteiger partial charge in [0.2, 0.25) is 0 Å². The first kappa shape index (κ1) is 30.8. The van der Waals surface area contributed by atoms with Crippen LogP contribution in [0.25, 0.3) is 0 Å². The summed E-state index contributed by atoms with van der Waals surface area (Å²) < 4.78 is 16.4. The van der Waals surface area contributed by atoms with Crippen molar-refractivity contribution in [2.75, 3.05) is 19.8 Å². The molecule has 6 aliphatic rings. The second kappa shape index (κ2) is 14.2. The monoisotopic (exact) mass is 558 g/mol. The standard InChI is InChI=1S/2C12H14O2.C11H14O2/c1-3-4-9-7-11-10(5-6-14-11)12(13)8(9)2;1-3-4-9-7-11(13)10-5-6-14-12(10)8(9)2;1-2-3-8-6-10(12)9-4-5-13-11(9)7-8/h2*3-5,11-13H,1-2,6-7H2;2-4,10-12H,1,5-7H2/b9-4-;9-4+;8-3+/t2*11-,12-;10-,11-/m111/s1. The quantitative estimate of drug-likeness (QED) is 0.420. The second-order valence-corrected chi connectivity index (χ2v) is 10.7. The van der Waals surface area contributed by atoms with Crippen LogP contribution in [-0.4, -0.2) is 71.8 Å². The van der Waals surface area contributed by atoms with Gasteiger partial charge in [-0.15, -0.1) is 0 Å². The number of aliphatic hydroxyl groups is 3. The Bertz CT molecular complexity index is 1240. The van der Waals surface area contributed by atoms with Crippen LogP contribution in [0.5, 0.6) is 0 Å². The van der Waals surface area contributed by atoms with Gasteiger partial charge < -0.3 is 29.5 Å². The fraction of sp³-hybridized carbons (Fsp3) is 0.371. The number of rotatable bonds is 3. The van der Waals surface area contributed by atoms with Gasteiger partial charge in [-0.2, -0.15) is 0 Å². The van der Waals surface area contributed by atoms with Crippen molar-refractivity contribution in [3.8, 4) is 0 Å². The van der Waals surface area contributed by atoms with Crippen molar-refractivity contribution in [1.82, 2.24) is 0 Å². The number of fused-ring (bicyclic) bond motifs is 3. The number of aliphatic hydroxyl groups excluding tert-OH is 3. The molecule has 0 spiro atoms. The highest BCUT2D eigenvalue weighted by Crippen LogP contribution is 2.38. The molecule has 0 amide bonds. The Morgan fingerprint density at radius 2 is 1.15 bits per heavy atom. The molecule has 0 bridgehead atoms. The lowest BCUT2D eigenvalue weighted by molar-refractivity contribution is 0.0851. The summed E-state index contributed by atoms with van der Waals surface area (Å²) >= 11 is 0. The van der Waals surface area contributed by atoms with Crippen LogP contribution in [0.15, 0.2) is 132 Å². The predicted octanol–water partition coefficient (Wildman–Crippen LogP) is 5.07. The van der Waals surface area contributed by atoms with Gasteiger partial charge in [0.15, 0.2) is 0 Å². The minimum atomic E-state index is -0.567. The average Bonchev–Trinajstić information content (AvgIpc) is 3.72. The Balaban J connectivity index is 0.000000142. The highest BCUT2D eigenvalue weighted by Gasteiger charge is 2.35. The molecule has 218 valence electrons. The molecule has 0 saturated heterocycles. The Morgan fingerprint density at radius 1 is 0.610 bits per heavy atom. The fourth-order valence-electron chi connectivity index (χ4n) is 5.98. The zero-order chi connectivity index (χ0) is 29.5. The number of allylic oxidation sites excluding steroid dienone is 6. The summed E-state index contributed by atoms with van der Waals surface area (Å²) in [5, 5.41) is 29.5. The number of hydrogen-bond donors (Lipinski definition) is 3. The maximum Gasteiger partial charge on any atom is 0.106 e. The minimum Gasteiger partial charge on any atom is -0.388 e. The molecule has 0 aromatic heterocycles. The molecule has 6 rings (SSSR count). The van der Waals surface area contributed by atoms with Gasteiger partial charge in [-0.25, -0.2) is 0 Å². The van der Waals surface area contributed by atoms with Crippen LogP contribution < -0.4 is 0 Å². The van der Waals surface area contributed by atoms with Crippen LogP contribution in [0, 0.1) is 0 Å². The summed E-state index contributed by atoms with van der Waals surface area (Å²) in [7, 11) is 0. The molecule has 0 aromatic carbocycles. The van der Waals surface area contributed by atoms with Crippen LogP contribution in [0.2, 0.25) is 0 Å². The summed E-state index contributed by atoms with van der Waals surface area (Å²) in [6, 6.07) is 0. The summed E-state index contributed by atoms with van der Waals surface area (Å²) in [4.78, 5) is 0. The summed E-state index contributed by atoms with van der Waals surface area (Å²) in [5.41, 5.74) is 8.05. The van der Waals surface area contributed by atoms with E-state index < -0.39 is 12.2 Å². The van der Waals surface area contributed by atoms with Gasteiger partial charge in [0.05, 0.1) is 44.2 Å². The lowest BCUT2D eigenvalue weighted by atomic mass is 9.83. The van der Waals surface area contributed by atoms with E-state index in [1.807, 2.05) is 36.5 Å². The molecular weight excluding hydrogens is 516 g/mol. The largest absolute Gasteiger partial charge is 0.388 e. The smallest absolute Gasteiger partial charge is 0.106 e. The topological polar surface area (TPSA) is 88.4 Å². The Morgan fingerprint density at radius 3 is 1.80 bits per heavy atom. The van der Waals surface area contributed by atoms with Gasteiger partial charge >= 0.3 is 0 Å². The van der Waals surface area contributed by atoms with Crippen molar-refractivity contribution in [2.45, 2.75) is 62.3 Å². The van der Waals surface area contributed by atoms with Crippen molar-refractivity contribution >= 4 is 0 Å². The average molecular weight is 559 g/mol. The van der Waals surface area contributed by atoms with Crippen LogP contribution in [0.1, 0.15) is 25.7 Å². The summed E-state index contributed by atoms with van der Waals surface area (Å²) in [6.07, 6.45) is 18.7. The van der Waals surface area contributed by atoms with Gasteiger partial charge in [0.25, 0.3) is 0 Å². The van der Waals surface area contributed by atoms with E-state index >= 15 is 0 Å². The maximum atomic E-state index is 9.92. The number of hydrogen-bond acceptors (Lipinski definition) is 6. The first-order chi connectivity index (χ1) is 19.8. The highest BCUT2D eigenvalue weighted by atomic mass is 16.5.